The number of H-pyrrole nitrogens is 1. The lowest BCUT2D eigenvalue weighted by Crippen LogP contribution is -2.45. The second kappa shape index (κ2) is 7.91. The average molecular weight is 380 g/mol. The van der Waals surface area contributed by atoms with Gasteiger partial charge in [-0.25, -0.2) is 0 Å². The van der Waals surface area contributed by atoms with Crippen molar-refractivity contribution in [3.8, 4) is 0 Å². The highest BCUT2D eigenvalue weighted by molar-refractivity contribution is 5.94. The predicted octanol–water partition coefficient (Wildman–Crippen LogP) is 2.18. The molecule has 1 aliphatic rings. The van der Waals surface area contributed by atoms with Crippen molar-refractivity contribution in [2.24, 2.45) is 0 Å². The first-order valence-electron chi connectivity index (χ1n) is 8.56. The van der Waals surface area contributed by atoms with Gasteiger partial charge in [0.1, 0.15) is 5.56 Å². The Balaban J connectivity index is 1.58. The van der Waals surface area contributed by atoms with Crippen molar-refractivity contribution in [2.45, 2.75) is 31.6 Å². The van der Waals surface area contributed by atoms with Crippen LogP contribution in [0.4, 0.5) is 13.2 Å². The molecular formula is C18H19F3N4O2. The minimum absolute atomic E-state index is 0.188. The lowest BCUT2D eigenvalue weighted by atomic mass is 10.0. The second-order valence-electron chi connectivity index (χ2n) is 6.47. The summed E-state index contributed by atoms with van der Waals surface area (Å²) in [5.74, 6) is -0.787. The Bertz CT molecular complexity index is 844. The summed E-state index contributed by atoms with van der Waals surface area (Å²) in [6.45, 7) is 2.15. The molecule has 0 aromatic carbocycles. The van der Waals surface area contributed by atoms with Crippen LogP contribution in [0.5, 0.6) is 0 Å². The molecule has 27 heavy (non-hydrogen) atoms. The van der Waals surface area contributed by atoms with Crippen LogP contribution in [0, 0.1) is 0 Å². The van der Waals surface area contributed by atoms with Crippen molar-refractivity contribution in [1.82, 2.24) is 20.2 Å². The number of nitrogens with zero attached hydrogens (tertiary/aromatic N) is 2. The van der Waals surface area contributed by atoms with Gasteiger partial charge in [0.25, 0.3) is 11.5 Å². The molecule has 0 bridgehead atoms. The number of aromatic nitrogens is 2. The van der Waals surface area contributed by atoms with Crippen LogP contribution >= 0.6 is 0 Å². The van der Waals surface area contributed by atoms with Gasteiger partial charge in [-0.3, -0.25) is 19.5 Å². The molecule has 2 N–H and O–H groups in total. The highest BCUT2D eigenvalue weighted by atomic mass is 19.4. The van der Waals surface area contributed by atoms with Crippen LogP contribution in [0.25, 0.3) is 0 Å². The number of alkyl halides is 3. The first-order chi connectivity index (χ1) is 12.8. The van der Waals surface area contributed by atoms with Crippen molar-refractivity contribution in [3.63, 3.8) is 0 Å². The number of halogens is 3. The molecule has 1 aliphatic heterocycles. The van der Waals surface area contributed by atoms with E-state index < -0.39 is 28.8 Å². The zero-order valence-electron chi connectivity index (χ0n) is 14.4. The minimum Gasteiger partial charge on any atom is -0.349 e. The molecule has 1 saturated heterocycles. The van der Waals surface area contributed by atoms with Crippen LogP contribution in [0.1, 0.15) is 34.5 Å². The van der Waals surface area contributed by atoms with Crippen molar-refractivity contribution < 1.29 is 18.0 Å². The molecule has 144 valence electrons. The van der Waals surface area contributed by atoms with Crippen LogP contribution in [0.3, 0.4) is 0 Å². The number of carbonyl (C=O) groups excluding carboxylic acids is 1. The maximum atomic E-state index is 12.8. The molecule has 1 fully saturated rings. The first kappa shape index (κ1) is 19.1. The van der Waals surface area contributed by atoms with E-state index >= 15 is 0 Å². The summed E-state index contributed by atoms with van der Waals surface area (Å²) in [6.07, 6.45) is -1.04. The Hall–Kier alpha value is -2.68. The molecule has 0 radical (unpaired) electrons. The van der Waals surface area contributed by atoms with Gasteiger partial charge >= 0.3 is 6.18 Å². The number of pyridine rings is 2. The van der Waals surface area contributed by atoms with Gasteiger partial charge < -0.3 is 10.3 Å². The molecule has 0 saturated carbocycles. The third-order valence-corrected chi connectivity index (χ3v) is 4.51. The number of aromatic amines is 1. The molecule has 9 heteroatoms. The number of amides is 1. The van der Waals surface area contributed by atoms with Crippen LogP contribution in [0.15, 0.2) is 41.5 Å². The van der Waals surface area contributed by atoms with E-state index in [0.29, 0.717) is 31.6 Å². The van der Waals surface area contributed by atoms with Crippen LogP contribution in [-0.4, -0.2) is 39.9 Å². The fourth-order valence-electron chi connectivity index (χ4n) is 3.04. The highest BCUT2D eigenvalue weighted by Crippen LogP contribution is 2.28. The molecule has 2 aromatic rings. The van der Waals surface area contributed by atoms with Gasteiger partial charge in [-0.15, -0.1) is 0 Å². The van der Waals surface area contributed by atoms with Crippen LogP contribution in [0.2, 0.25) is 0 Å². The van der Waals surface area contributed by atoms with Crippen LogP contribution < -0.4 is 10.9 Å². The summed E-state index contributed by atoms with van der Waals surface area (Å²) in [7, 11) is 0. The lowest BCUT2D eigenvalue weighted by Gasteiger charge is -2.32. The van der Waals surface area contributed by atoms with E-state index in [0.717, 1.165) is 18.8 Å². The molecule has 2 aromatic heterocycles. The van der Waals surface area contributed by atoms with E-state index in [1.165, 1.54) is 0 Å². The number of nitrogens with one attached hydrogen (secondary N) is 2. The summed E-state index contributed by atoms with van der Waals surface area (Å²) < 4.78 is 38.3. The minimum atomic E-state index is -4.63. The number of likely N-dealkylation sites (tertiary alicyclic amines) is 1. The van der Waals surface area contributed by atoms with Gasteiger partial charge in [-0.1, -0.05) is 6.07 Å². The number of carbonyl (C=O) groups is 1. The van der Waals surface area contributed by atoms with Gasteiger partial charge in [0.05, 0.1) is 11.3 Å². The van der Waals surface area contributed by atoms with Crippen LogP contribution in [-0.2, 0) is 12.7 Å². The SMILES string of the molecule is O=C(NC1CCN(Cc2ccccn2)CC1)c1cc(C(F)(F)F)c[nH]c1=O. The number of hydrogen-bond acceptors (Lipinski definition) is 4. The van der Waals surface area contributed by atoms with Gasteiger partial charge in [-0.2, -0.15) is 13.2 Å². The Morgan fingerprint density at radius 1 is 1.30 bits per heavy atom. The van der Waals surface area contributed by atoms with E-state index in [9.17, 15) is 22.8 Å². The molecule has 0 atom stereocenters. The summed E-state index contributed by atoms with van der Waals surface area (Å²) in [5, 5.41) is 2.67. The third kappa shape index (κ3) is 4.94. The van der Waals surface area contributed by atoms with Crippen molar-refractivity contribution in [1.29, 1.82) is 0 Å². The number of hydrogen-bond donors (Lipinski definition) is 2. The first-order valence-corrected chi connectivity index (χ1v) is 8.56. The lowest BCUT2D eigenvalue weighted by molar-refractivity contribution is -0.137. The largest absolute Gasteiger partial charge is 0.417 e. The maximum absolute atomic E-state index is 12.8. The summed E-state index contributed by atoms with van der Waals surface area (Å²) in [6, 6.07) is 6.10. The molecule has 0 spiro atoms. The zero-order valence-corrected chi connectivity index (χ0v) is 14.4. The molecule has 3 rings (SSSR count). The van der Waals surface area contributed by atoms with E-state index in [-0.39, 0.29) is 6.04 Å². The monoisotopic (exact) mass is 380 g/mol. The Morgan fingerprint density at radius 3 is 2.67 bits per heavy atom. The zero-order chi connectivity index (χ0) is 19.4. The fraction of sp³-hybridized carbons (Fsp3) is 0.389. The van der Waals surface area contributed by atoms with Crippen molar-refractivity contribution in [2.75, 3.05) is 13.1 Å². The highest BCUT2D eigenvalue weighted by Gasteiger charge is 2.32. The fourth-order valence-corrected chi connectivity index (χ4v) is 3.04. The summed E-state index contributed by atoms with van der Waals surface area (Å²) in [4.78, 5) is 32.4. The van der Waals surface area contributed by atoms with Crippen molar-refractivity contribution >= 4 is 5.91 Å². The quantitative estimate of drug-likeness (QED) is 0.852. The normalized spacial score (nSPS) is 16.3. The molecule has 1 amide bonds. The maximum Gasteiger partial charge on any atom is 0.417 e. The molecule has 0 unspecified atom stereocenters. The Morgan fingerprint density at radius 2 is 2.04 bits per heavy atom. The van der Waals surface area contributed by atoms with E-state index in [2.05, 4.69) is 15.2 Å². The Labute approximate surface area is 153 Å². The summed E-state index contributed by atoms with van der Waals surface area (Å²) in [5.41, 5.74) is -1.47. The van der Waals surface area contributed by atoms with Gasteiger partial charge in [-0.05, 0) is 31.0 Å². The summed E-state index contributed by atoms with van der Waals surface area (Å²) >= 11 is 0. The number of rotatable bonds is 4. The van der Waals surface area contributed by atoms with Gasteiger partial charge in [0, 0.05) is 38.1 Å². The standard InChI is InChI=1S/C18H19F3N4O2/c19-18(20,21)12-9-15(16(26)23-10-12)17(27)24-13-4-7-25(8-5-13)11-14-3-1-2-6-22-14/h1-3,6,9-10,13H,4-5,7-8,11H2,(H,23,26)(H,24,27). The van der Waals surface area contributed by atoms with Crippen molar-refractivity contribution in [3.05, 3.63) is 63.8 Å². The van der Waals surface area contributed by atoms with Gasteiger partial charge in [0.15, 0.2) is 0 Å². The van der Waals surface area contributed by atoms with E-state index in [1.54, 1.807) is 6.20 Å². The molecule has 0 aliphatic carbocycles. The smallest absolute Gasteiger partial charge is 0.349 e. The van der Waals surface area contributed by atoms with E-state index in [4.69, 9.17) is 0 Å². The molecule has 3 heterocycles. The Kier molecular flexibility index (Phi) is 5.59. The number of piperidine rings is 1. The van der Waals surface area contributed by atoms with E-state index in [1.807, 2.05) is 23.2 Å². The predicted molar refractivity (Wildman–Crippen MR) is 92.1 cm³/mol. The average Bonchev–Trinajstić information content (AvgIpc) is 2.63. The topological polar surface area (TPSA) is 78.1 Å². The third-order valence-electron chi connectivity index (χ3n) is 4.51. The van der Waals surface area contributed by atoms with Gasteiger partial charge in [0.2, 0.25) is 0 Å². The second-order valence-corrected chi connectivity index (χ2v) is 6.47. The molecule has 6 nitrogen and oxygen atoms in total. The molecular weight excluding hydrogens is 361 g/mol.